The highest BCUT2D eigenvalue weighted by Crippen LogP contribution is 2.54. The minimum atomic E-state index is -2.16. The molecule has 1 spiro atoms. The van der Waals surface area contributed by atoms with Crippen molar-refractivity contribution in [2.75, 3.05) is 6.61 Å². The zero-order valence-electron chi connectivity index (χ0n) is 6.22. The Bertz CT molecular complexity index is 321. The van der Waals surface area contributed by atoms with Gasteiger partial charge in [0.05, 0.1) is 0 Å². The van der Waals surface area contributed by atoms with E-state index in [2.05, 4.69) is 9.47 Å². The molecule has 0 amide bonds. The molecule has 72 valence electrons. The van der Waals surface area contributed by atoms with Crippen LogP contribution in [0.15, 0.2) is 11.5 Å². The van der Waals surface area contributed by atoms with E-state index in [1.165, 1.54) is 0 Å². The molecule has 7 heteroatoms. The van der Waals surface area contributed by atoms with Crippen molar-refractivity contribution in [1.82, 2.24) is 0 Å². The molecular weight excluding hydrogens is 184 g/mol. The van der Waals surface area contributed by atoms with Gasteiger partial charge in [-0.1, -0.05) is 0 Å². The third-order valence-electron chi connectivity index (χ3n) is 1.97. The molecule has 0 radical (unpaired) electrons. The van der Waals surface area contributed by atoms with Crippen LogP contribution < -0.4 is 0 Å². The number of esters is 1. The highest BCUT2D eigenvalue weighted by molar-refractivity contribution is 5.90. The summed E-state index contributed by atoms with van der Waals surface area (Å²) in [5.74, 6) is -7.42. The van der Waals surface area contributed by atoms with Crippen LogP contribution in [0.4, 0.5) is 0 Å². The van der Waals surface area contributed by atoms with Gasteiger partial charge in [-0.15, -0.1) is 0 Å². The minimum absolute atomic E-state index is 0.863. The maximum Gasteiger partial charge on any atom is 0.380 e. The predicted octanol–water partition coefficient (Wildman–Crippen LogP) is -1.72. The summed E-state index contributed by atoms with van der Waals surface area (Å²) >= 11 is 0. The molecule has 7 nitrogen and oxygen atoms in total. The van der Waals surface area contributed by atoms with E-state index in [0.717, 1.165) is 0 Å². The van der Waals surface area contributed by atoms with Crippen molar-refractivity contribution in [2.24, 2.45) is 0 Å². The van der Waals surface area contributed by atoms with Crippen LogP contribution in [-0.4, -0.2) is 44.6 Å². The van der Waals surface area contributed by atoms with Crippen LogP contribution in [0.5, 0.6) is 0 Å². The van der Waals surface area contributed by atoms with Gasteiger partial charge in [-0.2, -0.15) is 0 Å². The Morgan fingerprint density at radius 2 is 2.00 bits per heavy atom. The van der Waals surface area contributed by atoms with Crippen LogP contribution in [-0.2, 0) is 14.3 Å². The van der Waals surface area contributed by atoms with Crippen molar-refractivity contribution in [2.45, 2.75) is 11.6 Å². The first kappa shape index (κ1) is 8.30. The van der Waals surface area contributed by atoms with Crippen molar-refractivity contribution in [3.8, 4) is 0 Å². The molecule has 0 aromatic heterocycles. The van der Waals surface area contributed by atoms with Gasteiger partial charge in [-0.05, 0) is 0 Å². The number of hydrogen-bond acceptors (Lipinski definition) is 7. The fourth-order valence-electron chi connectivity index (χ4n) is 1.16. The monoisotopic (exact) mass is 190 g/mol. The van der Waals surface area contributed by atoms with E-state index in [9.17, 15) is 9.90 Å². The fraction of sp³-hybridized carbons (Fsp3) is 0.500. The first-order valence-electron chi connectivity index (χ1n) is 3.36. The summed E-state index contributed by atoms with van der Waals surface area (Å²) < 4.78 is 8.80. The molecule has 2 rings (SSSR count). The van der Waals surface area contributed by atoms with Crippen molar-refractivity contribution in [1.29, 1.82) is 0 Å². The maximum atomic E-state index is 10.7. The topological polar surface area (TPSA) is 120 Å². The van der Waals surface area contributed by atoms with Gasteiger partial charge in [0.25, 0.3) is 5.79 Å². The number of rotatable bonds is 1. The number of hydrogen-bond donors (Lipinski definition) is 4. The normalized spacial score (nSPS) is 42.8. The summed E-state index contributed by atoms with van der Waals surface area (Å²) in [6.45, 7) is -0.863. The summed E-state index contributed by atoms with van der Waals surface area (Å²) in [5.41, 5.74) is 0. The largest absolute Gasteiger partial charge is 0.503 e. The number of carbonyl (C=O) groups excluding carboxylic acids is 1. The zero-order valence-corrected chi connectivity index (χ0v) is 6.22. The van der Waals surface area contributed by atoms with Crippen molar-refractivity contribution in [3.63, 3.8) is 0 Å². The van der Waals surface area contributed by atoms with Gasteiger partial charge < -0.3 is 25.2 Å². The number of aliphatic hydroxyl groups excluding tert-OH is 3. The van der Waals surface area contributed by atoms with Crippen LogP contribution in [0.25, 0.3) is 0 Å². The van der Waals surface area contributed by atoms with Crippen molar-refractivity contribution < 1.29 is 34.7 Å². The van der Waals surface area contributed by atoms with Crippen LogP contribution in [0.2, 0.25) is 0 Å². The Morgan fingerprint density at radius 1 is 1.38 bits per heavy atom. The van der Waals surface area contributed by atoms with Gasteiger partial charge in [-0.25, -0.2) is 4.79 Å². The van der Waals surface area contributed by atoms with Crippen molar-refractivity contribution >= 4 is 5.97 Å². The van der Waals surface area contributed by atoms with Gasteiger partial charge in [0.15, 0.2) is 0 Å². The number of carbonyl (C=O) groups is 1. The third-order valence-corrected chi connectivity index (χ3v) is 1.97. The van der Waals surface area contributed by atoms with Gasteiger partial charge in [0.1, 0.15) is 6.61 Å². The Hall–Kier alpha value is -1.31. The standard InChI is InChI=1S/C6H6O7/c7-1-5(11)6(13-5)3(9)2(8)4(10)12-6/h7-9,11H,1H2/t5-,6-/m1/s1. The second-order valence-corrected chi connectivity index (χ2v) is 2.75. The summed E-state index contributed by atoms with van der Waals surface area (Å²) in [6, 6.07) is 0. The van der Waals surface area contributed by atoms with E-state index in [0.29, 0.717) is 0 Å². The zero-order chi connectivity index (χ0) is 9.85. The molecule has 4 N–H and O–H groups in total. The van der Waals surface area contributed by atoms with Gasteiger partial charge in [-0.3, -0.25) is 4.74 Å². The molecule has 0 aromatic carbocycles. The molecule has 0 aromatic rings. The Morgan fingerprint density at radius 3 is 2.31 bits per heavy atom. The molecule has 2 aliphatic rings. The summed E-state index contributed by atoms with van der Waals surface area (Å²) in [4.78, 5) is 10.7. The molecule has 1 fully saturated rings. The van der Waals surface area contributed by atoms with Gasteiger partial charge in [0.2, 0.25) is 11.5 Å². The first-order chi connectivity index (χ1) is 5.97. The Kier molecular flexibility index (Phi) is 1.24. The van der Waals surface area contributed by atoms with Crippen LogP contribution >= 0.6 is 0 Å². The maximum absolute atomic E-state index is 10.7. The van der Waals surface area contributed by atoms with Crippen LogP contribution in [0.1, 0.15) is 0 Å². The average molecular weight is 190 g/mol. The highest BCUT2D eigenvalue weighted by atomic mass is 16.9. The lowest BCUT2D eigenvalue weighted by atomic mass is 10.2. The lowest BCUT2D eigenvalue weighted by Gasteiger charge is -2.05. The Balaban J connectivity index is 2.38. The second-order valence-electron chi connectivity index (χ2n) is 2.75. The van der Waals surface area contributed by atoms with Crippen LogP contribution in [0.3, 0.4) is 0 Å². The molecule has 0 aliphatic carbocycles. The summed E-state index contributed by atoms with van der Waals surface area (Å²) in [5, 5.41) is 35.8. The third kappa shape index (κ3) is 0.711. The van der Waals surface area contributed by atoms with E-state index in [4.69, 9.17) is 15.3 Å². The van der Waals surface area contributed by atoms with E-state index in [-0.39, 0.29) is 0 Å². The van der Waals surface area contributed by atoms with E-state index < -0.39 is 35.7 Å². The quantitative estimate of drug-likeness (QED) is 0.286. The molecule has 13 heavy (non-hydrogen) atoms. The lowest BCUT2D eigenvalue weighted by Crippen LogP contribution is -2.31. The molecule has 2 heterocycles. The predicted molar refractivity (Wildman–Crippen MR) is 34.2 cm³/mol. The molecule has 2 aliphatic heterocycles. The molecule has 0 bridgehead atoms. The smallest absolute Gasteiger partial charge is 0.380 e. The fourth-order valence-corrected chi connectivity index (χ4v) is 1.16. The summed E-state index contributed by atoms with van der Waals surface area (Å²) in [6.07, 6.45) is 0. The van der Waals surface area contributed by atoms with E-state index >= 15 is 0 Å². The molecule has 1 saturated heterocycles. The molecule has 0 unspecified atom stereocenters. The molecule has 0 saturated carbocycles. The van der Waals surface area contributed by atoms with Gasteiger partial charge in [0, 0.05) is 0 Å². The van der Waals surface area contributed by atoms with Gasteiger partial charge >= 0.3 is 11.8 Å². The van der Waals surface area contributed by atoms with Crippen LogP contribution in [0, 0.1) is 0 Å². The minimum Gasteiger partial charge on any atom is -0.503 e. The summed E-state index contributed by atoms with van der Waals surface area (Å²) in [7, 11) is 0. The number of ether oxygens (including phenoxy) is 2. The highest BCUT2D eigenvalue weighted by Gasteiger charge is 2.80. The number of epoxide rings is 1. The van der Waals surface area contributed by atoms with Crippen molar-refractivity contribution in [3.05, 3.63) is 11.5 Å². The Labute approximate surface area is 71.4 Å². The lowest BCUT2D eigenvalue weighted by molar-refractivity contribution is -0.150. The molecule has 2 atom stereocenters. The first-order valence-corrected chi connectivity index (χ1v) is 3.36. The van der Waals surface area contributed by atoms with E-state index in [1.807, 2.05) is 0 Å². The second kappa shape index (κ2) is 1.95. The average Bonchev–Trinajstić information content (AvgIpc) is 2.64. The molecular formula is C6H6O7. The van der Waals surface area contributed by atoms with E-state index in [1.54, 1.807) is 0 Å². The number of aliphatic hydroxyl groups is 4. The SMILES string of the molecule is O=C1O[C@@]2(O[C@]2(O)CO)C(O)=C1O.